The van der Waals surface area contributed by atoms with Gasteiger partial charge in [0.05, 0.1) is 16.0 Å². The number of hydrogen-bond acceptors (Lipinski definition) is 7. The van der Waals surface area contributed by atoms with Crippen molar-refractivity contribution in [2.24, 2.45) is 0 Å². The van der Waals surface area contributed by atoms with Gasteiger partial charge in [0.2, 0.25) is 11.7 Å². The molecular weight excluding hydrogens is 434 g/mol. The number of benzene rings is 1. The Balaban J connectivity index is 1.15. The highest BCUT2D eigenvalue weighted by Gasteiger charge is 2.24. The van der Waals surface area contributed by atoms with E-state index in [4.69, 9.17) is 4.52 Å². The van der Waals surface area contributed by atoms with Crippen molar-refractivity contribution in [2.45, 2.75) is 26.7 Å². The normalized spacial score (nSPS) is 14.8. The lowest BCUT2D eigenvalue weighted by Gasteiger charge is -2.35. The van der Waals surface area contributed by atoms with Crippen LogP contribution in [0.3, 0.4) is 0 Å². The molecule has 0 unspecified atom stereocenters. The molecule has 8 heteroatoms. The van der Waals surface area contributed by atoms with Crippen LogP contribution >= 0.6 is 11.3 Å². The molecule has 1 aliphatic rings. The second-order valence-corrected chi connectivity index (χ2v) is 9.51. The monoisotopic (exact) mass is 461 g/mol. The Hall–Kier alpha value is -3.10. The van der Waals surface area contributed by atoms with Gasteiger partial charge < -0.3 is 9.42 Å². The SMILES string of the molecule is Cc1ccc2nc(C)cc(C(=O)N3CCN(CCCc4nc(-c5cccs5)no4)CC3)c2c1. The molecule has 1 aromatic carbocycles. The van der Waals surface area contributed by atoms with E-state index in [9.17, 15) is 4.79 Å². The second-order valence-electron chi connectivity index (χ2n) is 8.56. The maximum absolute atomic E-state index is 13.3. The molecule has 0 atom stereocenters. The van der Waals surface area contributed by atoms with E-state index >= 15 is 0 Å². The van der Waals surface area contributed by atoms with Crippen molar-refractivity contribution < 1.29 is 9.32 Å². The zero-order valence-electron chi connectivity index (χ0n) is 19.0. The number of rotatable bonds is 6. The molecule has 5 rings (SSSR count). The minimum absolute atomic E-state index is 0.0997. The van der Waals surface area contributed by atoms with E-state index in [1.54, 1.807) is 11.3 Å². The van der Waals surface area contributed by atoms with Crippen molar-refractivity contribution in [3.63, 3.8) is 0 Å². The summed E-state index contributed by atoms with van der Waals surface area (Å²) >= 11 is 1.61. The first-order valence-corrected chi connectivity index (χ1v) is 12.2. The van der Waals surface area contributed by atoms with Crippen LogP contribution in [0.5, 0.6) is 0 Å². The maximum Gasteiger partial charge on any atom is 0.254 e. The Morgan fingerprint density at radius 3 is 2.73 bits per heavy atom. The molecule has 33 heavy (non-hydrogen) atoms. The third kappa shape index (κ3) is 4.82. The molecule has 4 heterocycles. The van der Waals surface area contributed by atoms with Gasteiger partial charge >= 0.3 is 0 Å². The number of hydrogen-bond donors (Lipinski definition) is 0. The minimum atomic E-state index is 0.0997. The van der Waals surface area contributed by atoms with Gasteiger partial charge in [0.15, 0.2) is 0 Å². The Labute approximate surface area is 197 Å². The molecule has 1 saturated heterocycles. The number of carbonyl (C=O) groups excluding carboxylic acids is 1. The van der Waals surface area contributed by atoms with Crippen molar-refractivity contribution in [3.8, 4) is 10.7 Å². The van der Waals surface area contributed by atoms with Crippen LogP contribution in [0.4, 0.5) is 0 Å². The van der Waals surface area contributed by atoms with Crippen LogP contribution < -0.4 is 0 Å². The van der Waals surface area contributed by atoms with Gasteiger partial charge in [0.25, 0.3) is 5.91 Å². The van der Waals surface area contributed by atoms with E-state index in [1.165, 1.54) is 0 Å². The number of nitrogens with zero attached hydrogens (tertiary/aromatic N) is 5. The highest BCUT2D eigenvalue weighted by Crippen LogP contribution is 2.23. The van der Waals surface area contributed by atoms with Gasteiger partial charge in [0.1, 0.15) is 0 Å². The fourth-order valence-electron chi connectivity index (χ4n) is 4.31. The molecule has 0 saturated carbocycles. The Bertz CT molecular complexity index is 1260. The summed E-state index contributed by atoms with van der Waals surface area (Å²) in [6, 6.07) is 12.0. The van der Waals surface area contributed by atoms with Crippen LogP contribution in [-0.4, -0.2) is 63.6 Å². The van der Waals surface area contributed by atoms with E-state index in [0.29, 0.717) is 11.7 Å². The lowest BCUT2D eigenvalue weighted by Crippen LogP contribution is -2.49. The average Bonchev–Trinajstić information content (AvgIpc) is 3.51. The number of aromatic nitrogens is 3. The summed E-state index contributed by atoms with van der Waals surface area (Å²) in [6.45, 7) is 8.15. The van der Waals surface area contributed by atoms with Crippen LogP contribution in [-0.2, 0) is 6.42 Å². The molecule has 4 aromatic rings. The highest BCUT2D eigenvalue weighted by molar-refractivity contribution is 7.13. The number of pyridine rings is 1. The second kappa shape index (κ2) is 9.41. The third-order valence-electron chi connectivity index (χ3n) is 6.06. The molecule has 170 valence electrons. The average molecular weight is 462 g/mol. The largest absolute Gasteiger partial charge is 0.339 e. The Morgan fingerprint density at radius 1 is 1.09 bits per heavy atom. The van der Waals surface area contributed by atoms with Crippen molar-refractivity contribution in [3.05, 3.63) is 64.5 Å². The van der Waals surface area contributed by atoms with Gasteiger partial charge in [-0.05, 0) is 56.5 Å². The zero-order chi connectivity index (χ0) is 22.8. The number of piperazine rings is 1. The van der Waals surface area contributed by atoms with E-state index < -0.39 is 0 Å². The summed E-state index contributed by atoms with van der Waals surface area (Å²) in [7, 11) is 0. The van der Waals surface area contributed by atoms with Gasteiger partial charge in [0, 0.05) is 43.7 Å². The lowest BCUT2D eigenvalue weighted by atomic mass is 10.0. The zero-order valence-corrected chi connectivity index (χ0v) is 19.8. The summed E-state index contributed by atoms with van der Waals surface area (Å²) < 4.78 is 5.40. The summed E-state index contributed by atoms with van der Waals surface area (Å²) in [4.78, 5) is 27.8. The molecule has 7 nitrogen and oxygen atoms in total. The van der Waals surface area contributed by atoms with Gasteiger partial charge in [-0.25, -0.2) is 0 Å². The van der Waals surface area contributed by atoms with Gasteiger partial charge in [-0.1, -0.05) is 22.9 Å². The van der Waals surface area contributed by atoms with Crippen molar-refractivity contribution >= 4 is 28.1 Å². The lowest BCUT2D eigenvalue weighted by molar-refractivity contribution is 0.0637. The molecule has 0 N–H and O–H groups in total. The first-order valence-electron chi connectivity index (χ1n) is 11.3. The summed E-state index contributed by atoms with van der Waals surface area (Å²) in [6.07, 6.45) is 1.71. The van der Waals surface area contributed by atoms with Gasteiger partial charge in [-0.2, -0.15) is 4.98 Å². The third-order valence-corrected chi connectivity index (χ3v) is 6.92. The molecule has 1 amide bonds. The fraction of sp³-hybridized carbons (Fsp3) is 0.360. The maximum atomic E-state index is 13.3. The number of thiophene rings is 1. The molecule has 0 bridgehead atoms. The molecule has 0 spiro atoms. The molecule has 1 aliphatic heterocycles. The predicted octanol–water partition coefficient (Wildman–Crippen LogP) is 4.35. The number of aryl methyl sites for hydroxylation is 3. The number of fused-ring (bicyclic) bond motifs is 1. The fourth-order valence-corrected chi connectivity index (χ4v) is 4.96. The molecule has 3 aromatic heterocycles. The molecule has 0 aliphatic carbocycles. The van der Waals surface area contributed by atoms with Crippen LogP contribution in [0.2, 0.25) is 0 Å². The first kappa shape index (κ1) is 21.7. The van der Waals surface area contributed by atoms with Gasteiger partial charge in [-0.3, -0.25) is 14.7 Å². The van der Waals surface area contributed by atoms with Crippen LogP contribution in [0.25, 0.3) is 21.6 Å². The smallest absolute Gasteiger partial charge is 0.254 e. The van der Waals surface area contributed by atoms with Crippen LogP contribution in [0, 0.1) is 13.8 Å². The summed E-state index contributed by atoms with van der Waals surface area (Å²) in [5.41, 5.74) is 3.64. The Kier molecular flexibility index (Phi) is 6.20. The minimum Gasteiger partial charge on any atom is -0.339 e. The van der Waals surface area contributed by atoms with Crippen molar-refractivity contribution in [2.75, 3.05) is 32.7 Å². The number of carbonyl (C=O) groups is 1. The molecule has 0 radical (unpaired) electrons. The van der Waals surface area contributed by atoms with Crippen LogP contribution in [0.15, 0.2) is 46.3 Å². The topological polar surface area (TPSA) is 75.4 Å². The van der Waals surface area contributed by atoms with E-state index in [1.807, 2.05) is 54.5 Å². The van der Waals surface area contributed by atoms with E-state index in [-0.39, 0.29) is 5.91 Å². The van der Waals surface area contributed by atoms with Gasteiger partial charge in [-0.15, -0.1) is 11.3 Å². The summed E-state index contributed by atoms with van der Waals surface area (Å²) in [5.74, 6) is 1.45. The number of amides is 1. The van der Waals surface area contributed by atoms with Crippen molar-refractivity contribution in [1.29, 1.82) is 0 Å². The molecule has 1 fully saturated rings. The standard InChI is InChI=1S/C25H27N5O2S/c1-17-7-8-21-19(15-17)20(16-18(2)26-21)25(31)30-12-10-29(11-13-30)9-3-6-23-27-24(28-32-23)22-5-4-14-33-22/h4-5,7-8,14-16H,3,6,9-13H2,1-2H3. The first-order chi connectivity index (χ1) is 16.1. The quantitative estimate of drug-likeness (QED) is 0.425. The summed E-state index contributed by atoms with van der Waals surface area (Å²) in [5, 5.41) is 7.03. The molecular formula is C25H27N5O2S. The predicted molar refractivity (Wildman–Crippen MR) is 129 cm³/mol. The Morgan fingerprint density at radius 2 is 1.94 bits per heavy atom. The van der Waals surface area contributed by atoms with Crippen LogP contribution in [0.1, 0.15) is 33.9 Å². The highest BCUT2D eigenvalue weighted by atomic mass is 32.1. The van der Waals surface area contributed by atoms with Crippen molar-refractivity contribution in [1.82, 2.24) is 24.9 Å². The van der Waals surface area contributed by atoms with E-state index in [0.717, 1.165) is 78.2 Å². The van der Waals surface area contributed by atoms with E-state index in [2.05, 4.69) is 26.1 Å².